The van der Waals surface area contributed by atoms with E-state index in [2.05, 4.69) is 130 Å². The molecule has 1 unspecified atom stereocenters. The Labute approximate surface area is 469 Å². The van der Waals surface area contributed by atoms with Crippen molar-refractivity contribution in [2.45, 2.75) is 290 Å². The van der Waals surface area contributed by atoms with Crippen LogP contribution in [0.15, 0.2) is 122 Å². The van der Waals surface area contributed by atoms with E-state index in [4.69, 9.17) is 14.2 Å². The number of hydrogen-bond acceptors (Lipinski definition) is 6. The first-order valence-corrected chi connectivity index (χ1v) is 31.5. The summed E-state index contributed by atoms with van der Waals surface area (Å²) in [5.74, 6) is -1.12. The zero-order valence-electron chi connectivity index (χ0n) is 49.5. The molecular weight excluding hydrogens is 937 g/mol. The molecule has 0 aliphatic carbocycles. The fourth-order valence-electron chi connectivity index (χ4n) is 8.61. The van der Waals surface area contributed by atoms with E-state index in [1.165, 1.54) is 148 Å². The number of ether oxygens (including phenoxy) is 3. The standard InChI is InChI=1S/C70H116O6/c1-4-7-10-13-16-19-22-25-28-30-31-32-33-34-35-36-37-38-40-42-45-48-51-54-57-60-63-69(72)75-66-67(65-74-68(71)62-59-56-53-50-47-44-41-27-24-21-18-15-12-9-6-3)76-70(73)64-61-58-55-52-49-46-43-39-29-26-23-20-17-14-11-8-5-2/h8-9,11-12,17-18,20-21,26-27,29,41,43,46-47,50,52,55-56,59,67H,4-7,10,13-16,19,22-25,28,30-40,42,44-45,48-49,51,53-54,57-58,60-66H2,1-3H3/b11-8-,12-9-,20-17-,21-18-,29-26-,41-27-,46-43-,50-47-,55-52-,59-56-. The van der Waals surface area contributed by atoms with Crippen LogP contribution in [0.1, 0.15) is 284 Å². The third kappa shape index (κ3) is 60.7. The summed E-state index contributed by atoms with van der Waals surface area (Å²) < 4.78 is 16.7. The predicted octanol–water partition coefficient (Wildman–Crippen LogP) is 21.6. The quantitative estimate of drug-likeness (QED) is 0.0261. The molecule has 0 spiro atoms. The van der Waals surface area contributed by atoms with Crippen LogP contribution in [0.3, 0.4) is 0 Å². The van der Waals surface area contributed by atoms with Gasteiger partial charge in [0.05, 0.1) is 6.42 Å². The summed E-state index contributed by atoms with van der Waals surface area (Å²) in [6.45, 7) is 6.30. The molecule has 0 aliphatic heterocycles. The van der Waals surface area contributed by atoms with Gasteiger partial charge in [-0.2, -0.15) is 0 Å². The highest BCUT2D eigenvalue weighted by molar-refractivity contribution is 5.72. The maximum atomic E-state index is 12.9. The van der Waals surface area contributed by atoms with Gasteiger partial charge in [-0.15, -0.1) is 0 Å². The number of carbonyl (C=O) groups is 3. The van der Waals surface area contributed by atoms with Crippen molar-refractivity contribution in [3.63, 3.8) is 0 Å². The van der Waals surface area contributed by atoms with Gasteiger partial charge in [-0.3, -0.25) is 14.4 Å². The first-order chi connectivity index (χ1) is 37.5. The minimum atomic E-state index is -0.851. The van der Waals surface area contributed by atoms with Crippen molar-refractivity contribution in [1.82, 2.24) is 0 Å². The van der Waals surface area contributed by atoms with Crippen molar-refractivity contribution in [1.29, 1.82) is 0 Å². The zero-order valence-corrected chi connectivity index (χ0v) is 49.5. The van der Waals surface area contributed by atoms with Gasteiger partial charge >= 0.3 is 17.9 Å². The highest BCUT2D eigenvalue weighted by Gasteiger charge is 2.19. The molecule has 0 N–H and O–H groups in total. The number of unbranched alkanes of at least 4 members (excludes halogenated alkanes) is 26. The summed E-state index contributed by atoms with van der Waals surface area (Å²) in [7, 11) is 0. The molecule has 0 radical (unpaired) electrons. The Morgan fingerprint density at radius 3 is 0.908 bits per heavy atom. The second-order valence-electron chi connectivity index (χ2n) is 20.6. The highest BCUT2D eigenvalue weighted by atomic mass is 16.6. The van der Waals surface area contributed by atoms with Crippen LogP contribution in [-0.4, -0.2) is 37.2 Å². The van der Waals surface area contributed by atoms with E-state index in [1.54, 1.807) is 6.08 Å². The molecular formula is C70H116O6. The van der Waals surface area contributed by atoms with Crippen molar-refractivity contribution in [2.75, 3.05) is 13.2 Å². The van der Waals surface area contributed by atoms with Gasteiger partial charge in [-0.25, -0.2) is 0 Å². The summed E-state index contributed by atoms with van der Waals surface area (Å²) in [5.41, 5.74) is 0. The lowest BCUT2D eigenvalue weighted by atomic mass is 10.0. The van der Waals surface area contributed by atoms with Crippen LogP contribution in [0.5, 0.6) is 0 Å². The molecule has 6 nitrogen and oxygen atoms in total. The maximum absolute atomic E-state index is 12.9. The van der Waals surface area contributed by atoms with E-state index >= 15 is 0 Å². The van der Waals surface area contributed by atoms with E-state index in [0.717, 1.165) is 89.9 Å². The predicted molar refractivity (Wildman–Crippen MR) is 330 cm³/mol. The molecule has 0 saturated carbocycles. The summed E-state index contributed by atoms with van der Waals surface area (Å²) in [4.78, 5) is 38.2. The topological polar surface area (TPSA) is 78.9 Å². The molecule has 0 fully saturated rings. The average Bonchev–Trinajstić information content (AvgIpc) is 3.42. The molecule has 0 aromatic rings. The monoisotopic (exact) mass is 1050 g/mol. The molecule has 0 bridgehead atoms. The smallest absolute Gasteiger partial charge is 0.309 e. The van der Waals surface area contributed by atoms with Crippen molar-refractivity contribution < 1.29 is 28.6 Å². The first kappa shape index (κ1) is 71.8. The van der Waals surface area contributed by atoms with Gasteiger partial charge in [0.1, 0.15) is 13.2 Å². The van der Waals surface area contributed by atoms with Crippen LogP contribution in [0.4, 0.5) is 0 Å². The summed E-state index contributed by atoms with van der Waals surface area (Å²) >= 11 is 0. The van der Waals surface area contributed by atoms with Gasteiger partial charge in [0.15, 0.2) is 6.10 Å². The Kier molecular flexibility index (Phi) is 59.9. The normalized spacial score (nSPS) is 12.9. The van der Waals surface area contributed by atoms with Crippen LogP contribution in [-0.2, 0) is 28.6 Å². The van der Waals surface area contributed by atoms with Crippen molar-refractivity contribution in [3.05, 3.63) is 122 Å². The Hall–Kier alpha value is -4.19. The number of esters is 3. The fourth-order valence-corrected chi connectivity index (χ4v) is 8.61. The van der Waals surface area contributed by atoms with Crippen LogP contribution in [0.2, 0.25) is 0 Å². The number of allylic oxidation sites excluding steroid dienone is 19. The van der Waals surface area contributed by atoms with E-state index < -0.39 is 18.0 Å². The molecule has 0 amide bonds. The fraction of sp³-hybridized carbons (Fsp3) is 0.671. The molecule has 0 aromatic heterocycles. The van der Waals surface area contributed by atoms with Crippen LogP contribution < -0.4 is 0 Å². The second kappa shape index (κ2) is 63.3. The summed E-state index contributed by atoms with van der Waals surface area (Å²) in [6.07, 6.45) is 88.3. The molecule has 0 rings (SSSR count). The molecule has 432 valence electrons. The average molecular weight is 1050 g/mol. The minimum absolute atomic E-state index is 0.112. The third-order valence-electron chi connectivity index (χ3n) is 13.2. The third-order valence-corrected chi connectivity index (χ3v) is 13.2. The van der Waals surface area contributed by atoms with Gasteiger partial charge in [0.25, 0.3) is 0 Å². The molecule has 6 heteroatoms. The summed E-state index contributed by atoms with van der Waals surface area (Å²) in [5, 5.41) is 0. The van der Waals surface area contributed by atoms with Gasteiger partial charge in [0.2, 0.25) is 0 Å². The zero-order chi connectivity index (χ0) is 55.0. The lowest BCUT2D eigenvalue weighted by Crippen LogP contribution is -2.30. The Bertz CT molecular complexity index is 1590. The molecule has 0 heterocycles. The number of rotatable bonds is 56. The minimum Gasteiger partial charge on any atom is -0.462 e. The first-order valence-electron chi connectivity index (χ1n) is 31.5. The Morgan fingerprint density at radius 1 is 0.289 bits per heavy atom. The van der Waals surface area contributed by atoms with E-state index in [0.29, 0.717) is 12.8 Å². The number of carbonyl (C=O) groups excluding carboxylic acids is 3. The number of hydrogen-bond donors (Lipinski definition) is 0. The maximum Gasteiger partial charge on any atom is 0.309 e. The van der Waals surface area contributed by atoms with Crippen LogP contribution in [0.25, 0.3) is 0 Å². The SMILES string of the molecule is CC/C=C\C/C=C\C/C=C\C/C=C\C/C=C\CCCC(=O)OC(COC(=O)C/C=C\C/C=C\C/C=C\C/C=C\C/C=C\CC)COC(=O)CCCCCCCCCCCCCCCCCCCCCCCCCCCC. The van der Waals surface area contributed by atoms with Crippen molar-refractivity contribution in [2.24, 2.45) is 0 Å². The lowest BCUT2D eigenvalue weighted by molar-refractivity contribution is -0.166. The van der Waals surface area contributed by atoms with Gasteiger partial charge in [-0.1, -0.05) is 303 Å². The summed E-state index contributed by atoms with van der Waals surface area (Å²) in [6, 6.07) is 0. The molecule has 0 aliphatic rings. The lowest BCUT2D eigenvalue weighted by Gasteiger charge is -2.18. The van der Waals surface area contributed by atoms with Gasteiger partial charge in [0, 0.05) is 12.8 Å². The van der Waals surface area contributed by atoms with Crippen LogP contribution in [0, 0.1) is 0 Å². The second-order valence-corrected chi connectivity index (χ2v) is 20.6. The largest absolute Gasteiger partial charge is 0.462 e. The van der Waals surface area contributed by atoms with E-state index in [1.807, 2.05) is 6.08 Å². The highest BCUT2D eigenvalue weighted by Crippen LogP contribution is 2.17. The van der Waals surface area contributed by atoms with Crippen molar-refractivity contribution >= 4 is 17.9 Å². The Morgan fingerprint density at radius 2 is 0.566 bits per heavy atom. The van der Waals surface area contributed by atoms with Gasteiger partial charge < -0.3 is 14.2 Å². The molecule has 0 saturated heterocycles. The molecule has 0 aromatic carbocycles. The van der Waals surface area contributed by atoms with E-state index in [-0.39, 0.29) is 32.0 Å². The molecule has 76 heavy (non-hydrogen) atoms. The van der Waals surface area contributed by atoms with E-state index in [9.17, 15) is 14.4 Å². The Balaban J connectivity index is 4.41. The van der Waals surface area contributed by atoms with Crippen molar-refractivity contribution in [3.8, 4) is 0 Å². The van der Waals surface area contributed by atoms with Gasteiger partial charge in [-0.05, 0) is 83.5 Å². The van der Waals surface area contributed by atoms with Crippen LogP contribution >= 0.6 is 0 Å². The molecule has 1 atom stereocenters.